The van der Waals surface area contributed by atoms with Crippen LogP contribution in [0.25, 0.3) is 33.6 Å². The van der Waals surface area contributed by atoms with Crippen LogP contribution in [0.2, 0.25) is 0 Å². The highest BCUT2D eigenvalue weighted by Gasteiger charge is 2.37. The topological polar surface area (TPSA) is 194 Å². The second-order valence-corrected chi connectivity index (χ2v) is 12.9. The predicted molar refractivity (Wildman–Crippen MR) is 200 cm³/mol. The zero-order valence-electron chi connectivity index (χ0n) is 31.5. The maximum atomic E-state index is 13.6. The fourth-order valence-electron chi connectivity index (χ4n) is 6.26. The van der Waals surface area contributed by atoms with Crippen molar-refractivity contribution in [1.29, 1.82) is 0 Å². The van der Waals surface area contributed by atoms with E-state index in [0.717, 1.165) is 58.7 Å². The first-order valence-corrected chi connectivity index (χ1v) is 17.6. The predicted octanol–water partition coefficient (Wildman–Crippen LogP) is 4.74. The molecule has 1 aliphatic rings. The van der Waals surface area contributed by atoms with E-state index in [9.17, 15) is 14.4 Å². The quantitative estimate of drug-likeness (QED) is 0.0539. The van der Waals surface area contributed by atoms with Gasteiger partial charge in [0.15, 0.2) is 6.04 Å². The minimum Gasteiger partial charge on any atom is -0.453 e. The van der Waals surface area contributed by atoms with Crippen LogP contribution >= 0.6 is 0 Å². The lowest BCUT2D eigenvalue weighted by Crippen LogP contribution is -2.53. The van der Waals surface area contributed by atoms with Crippen molar-refractivity contribution in [3.8, 4) is 33.6 Å². The summed E-state index contributed by atoms with van der Waals surface area (Å²) in [5.74, 6) is 0.676. The third-order valence-electron chi connectivity index (χ3n) is 9.55. The van der Waals surface area contributed by atoms with Gasteiger partial charge in [0, 0.05) is 20.8 Å². The lowest BCUT2D eigenvalue weighted by Gasteiger charge is -2.28. The number of imidazole rings is 2. The summed E-state index contributed by atoms with van der Waals surface area (Å²) in [6, 6.07) is 13.8. The number of hydrogen-bond acceptors (Lipinski definition) is 11. The standard InChI is InChI=1S/C38H48N8O8/c1-22(42-36(47)32(23(2)50-4)45-38(49)52-6)34-39-19-29(43-34)27-14-10-25(11-15-27)26-12-16-28(17-13-26)30-20-40-35(44-30)31-9-8-18-46(31)37(48)33(24(3)51-5)41-21-54-53-7/h10-17,19-24,31-33H,8-9,18H2,1-7H3,(H,39,43)(H,40,44)(H,42,47)(H,45,49)/t22-,23-,24-,31+,32+,33+/m1/s1. The number of alkyl carbamates (subject to hydrolysis) is 1. The highest BCUT2D eigenvalue weighted by molar-refractivity contribution is 5.86. The Morgan fingerprint density at radius 3 is 2.02 bits per heavy atom. The molecule has 1 saturated heterocycles. The van der Waals surface area contributed by atoms with Gasteiger partial charge < -0.3 is 44.6 Å². The number of ether oxygens (including phenoxy) is 3. The van der Waals surface area contributed by atoms with Gasteiger partial charge in [-0.25, -0.2) is 19.8 Å². The molecule has 0 bridgehead atoms. The molecule has 16 nitrogen and oxygen atoms in total. The van der Waals surface area contributed by atoms with E-state index < -0.39 is 42.3 Å². The van der Waals surface area contributed by atoms with Crippen molar-refractivity contribution in [1.82, 2.24) is 35.5 Å². The average molecular weight is 745 g/mol. The summed E-state index contributed by atoms with van der Waals surface area (Å²) in [6.07, 6.45) is 4.47. The van der Waals surface area contributed by atoms with Gasteiger partial charge in [0.25, 0.3) is 5.91 Å². The Balaban J connectivity index is 1.22. The van der Waals surface area contributed by atoms with Crippen LogP contribution in [0.5, 0.6) is 0 Å². The monoisotopic (exact) mass is 744 g/mol. The molecule has 2 aromatic heterocycles. The maximum Gasteiger partial charge on any atom is 0.407 e. The molecular formula is C38H48N8O8. The van der Waals surface area contributed by atoms with Gasteiger partial charge in [-0.2, -0.15) is 4.89 Å². The number of rotatable bonds is 16. The molecule has 1 fully saturated rings. The van der Waals surface area contributed by atoms with Crippen LogP contribution in [-0.2, 0) is 33.6 Å². The number of aromatic nitrogens is 4. The van der Waals surface area contributed by atoms with Gasteiger partial charge in [0.2, 0.25) is 12.3 Å². The molecule has 0 aliphatic carbocycles. The Bertz CT molecular complexity index is 1880. The number of nitrogens with zero attached hydrogens (tertiary/aromatic N) is 4. The molecule has 5 rings (SSSR count). The number of nitrogens with one attached hydrogen (secondary N) is 4. The number of benzene rings is 2. The molecule has 54 heavy (non-hydrogen) atoms. The van der Waals surface area contributed by atoms with E-state index >= 15 is 0 Å². The number of carbonyl (C=O) groups excluding carboxylic acids is 3. The van der Waals surface area contributed by atoms with E-state index in [4.69, 9.17) is 14.4 Å². The summed E-state index contributed by atoms with van der Waals surface area (Å²) >= 11 is 0. The van der Waals surface area contributed by atoms with Gasteiger partial charge in [-0.15, -0.1) is 0 Å². The summed E-state index contributed by atoms with van der Waals surface area (Å²) in [5.41, 5.74) is 5.60. The third kappa shape index (κ3) is 9.31. The average Bonchev–Trinajstić information content (AvgIpc) is 4.00. The summed E-state index contributed by atoms with van der Waals surface area (Å²) in [4.78, 5) is 69.6. The van der Waals surface area contributed by atoms with E-state index in [0.29, 0.717) is 12.4 Å². The summed E-state index contributed by atoms with van der Waals surface area (Å²) in [5, 5.41) is 5.38. The van der Waals surface area contributed by atoms with Gasteiger partial charge in [0.05, 0.1) is 62.3 Å². The molecule has 288 valence electrons. The van der Waals surface area contributed by atoms with Crippen molar-refractivity contribution in [2.75, 3.05) is 35.0 Å². The molecule has 4 N–H and O–H groups in total. The Labute approximate surface area is 313 Å². The molecule has 0 unspecified atom stereocenters. The number of amides is 3. The number of hydrogen-bond donors (Lipinski definition) is 4. The highest BCUT2D eigenvalue weighted by atomic mass is 17.2. The normalized spacial score (nSPS) is 17.1. The summed E-state index contributed by atoms with van der Waals surface area (Å²) in [6.45, 7) is 5.86. The van der Waals surface area contributed by atoms with Gasteiger partial charge in [-0.1, -0.05) is 48.5 Å². The Morgan fingerprint density at radius 1 is 0.833 bits per heavy atom. The summed E-state index contributed by atoms with van der Waals surface area (Å²) < 4.78 is 15.3. The van der Waals surface area contributed by atoms with Crippen molar-refractivity contribution in [3.63, 3.8) is 0 Å². The second kappa shape index (κ2) is 18.4. The van der Waals surface area contributed by atoms with Crippen LogP contribution < -0.4 is 10.6 Å². The van der Waals surface area contributed by atoms with E-state index in [2.05, 4.69) is 57.3 Å². The van der Waals surface area contributed by atoms with Gasteiger partial charge in [0.1, 0.15) is 17.7 Å². The zero-order valence-corrected chi connectivity index (χ0v) is 31.5. The van der Waals surface area contributed by atoms with Crippen molar-refractivity contribution >= 4 is 24.3 Å². The fraction of sp³-hybridized carbons (Fsp3) is 0.421. The van der Waals surface area contributed by atoms with Gasteiger partial charge in [-0.3, -0.25) is 9.59 Å². The SMILES string of the molecule is COOC=N[C@H](C(=O)N1CCC[C@H]1c1ncc(-c2ccc(-c3ccc(-c4cnc([C@@H](C)NC(=O)[C@@H](NC(=O)OC)[C@@H](C)OC)[nH]4)cc3)cc2)[nH]1)[C@@H](C)OC. The number of H-pyrrole nitrogens is 2. The third-order valence-corrected chi connectivity index (χ3v) is 9.55. The van der Waals surface area contributed by atoms with E-state index in [1.165, 1.54) is 21.3 Å². The van der Waals surface area contributed by atoms with Crippen LogP contribution in [-0.4, -0.2) is 108 Å². The lowest BCUT2D eigenvalue weighted by atomic mass is 10.0. The Hall–Kier alpha value is -5.58. The zero-order chi connectivity index (χ0) is 38.8. The molecule has 0 radical (unpaired) electrons. The minimum atomic E-state index is -0.953. The largest absolute Gasteiger partial charge is 0.453 e. The van der Waals surface area contributed by atoms with Gasteiger partial charge >= 0.3 is 6.09 Å². The van der Waals surface area contributed by atoms with E-state index in [-0.39, 0.29) is 11.9 Å². The molecular weight excluding hydrogens is 696 g/mol. The highest BCUT2D eigenvalue weighted by Crippen LogP contribution is 2.33. The molecule has 6 atom stereocenters. The van der Waals surface area contributed by atoms with Crippen LogP contribution in [0.3, 0.4) is 0 Å². The first-order chi connectivity index (χ1) is 26.1. The Morgan fingerprint density at radius 2 is 1.43 bits per heavy atom. The van der Waals surface area contributed by atoms with Crippen LogP contribution in [0.15, 0.2) is 65.9 Å². The molecule has 16 heteroatoms. The molecule has 3 amide bonds. The molecule has 2 aromatic carbocycles. The number of likely N-dealkylation sites (tertiary alicyclic amines) is 1. The number of carbonyl (C=O) groups is 3. The first kappa shape index (κ1) is 39.6. The molecule has 0 spiro atoms. The maximum absolute atomic E-state index is 13.6. The van der Waals surface area contributed by atoms with Gasteiger partial charge in [-0.05, 0) is 55.9 Å². The van der Waals surface area contributed by atoms with E-state index in [1.54, 1.807) is 45.2 Å². The second-order valence-electron chi connectivity index (χ2n) is 12.9. The number of aliphatic imine (C=N–C) groups is 1. The number of methoxy groups -OCH3 is 3. The number of aromatic amines is 2. The first-order valence-electron chi connectivity index (χ1n) is 17.6. The molecule has 1 aliphatic heterocycles. The van der Waals surface area contributed by atoms with Crippen molar-refractivity contribution in [3.05, 3.63) is 72.6 Å². The lowest BCUT2D eigenvalue weighted by molar-refractivity contribution is -0.188. The smallest absolute Gasteiger partial charge is 0.407 e. The fourth-order valence-corrected chi connectivity index (χ4v) is 6.26. The minimum absolute atomic E-state index is 0.167. The molecule has 4 aromatic rings. The Kier molecular flexibility index (Phi) is 13.5. The van der Waals surface area contributed by atoms with Crippen LogP contribution in [0, 0.1) is 0 Å². The van der Waals surface area contributed by atoms with Crippen molar-refractivity contribution < 1.29 is 38.4 Å². The summed E-state index contributed by atoms with van der Waals surface area (Å²) in [7, 11) is 5.59. The van der Waals surface area contributed by atoms with Crippen LogP contribution in [0.4, 0.5) is 4.79 Å². The molecule has 3 heterocycles. The molecule has 0 saturated carbocycles. The van der Waals surface area contributed by atoms with Crippen LogP contribution in [0.1, 0.15) is 57.3 Å². The van der Waals surface area contributed by atoms with Crippen molar-refractivity contribution in [2.45, 2.75) is 70.0 Å². The van der Waals surface area contributed by atoms with Crippen molar-refractivity contribution in [2.24, 2.45) is 4.99 Å². The van der Waals surface area contributed by atoms with E-state index in [1.807, 2.05) is 36.4 Å².